The van der Waals surface area contributed by atoms with Crippen LogP contribution in [0.4, 0.5) is 11.4 Å². The fourth-order valence-corrected chi connectivity index (χ4v) is 5.74. The van der Waals surface area contributed by atoms with Gasteiger partial charge in [0.15, 0.2) is 5.84 Å². The van der Waals surface area contributed by atoms with Gasteiger partial charge in [-0.2, -0.15) is 10.2 Å². The van der Waals surface area contributed by atoms with Crippen molar-refractivity contribution in [3.8, 4) is 0 Å². The highest BCUT2D eigenvalue weighted by atomic mass is 15.4. The van der Waals surface area contributed by atoms with Crippen LogP contribution in [0, 0.1) is 11.8 Å². The molecule has 43 heavy (non-hydrogen) atoms. The molecule has 1 fully saturated rings. The van der Waals surface area contributed by atoms with Crippen molar-refractivity contribution in [2.45, 2.75) is 53.5 Å². The average Bonchev–Trinajstić information content (AvgIpc) is 3.77. The van der Waals surface area contributed by atoms with E-state index in [0.29, 0.717) is 23.7 Å². The third-order valence-corrected chi connectivity index (χ3v) is 8.82. The lowest BCUT2D eigenvalue weighted by atomic mass is 9.84. The van der Waals surface area contributed by atoms with Gasteiger partial charge < -0.3 is 9.38 Å². The Morgan fingerprint density at radius 2 is 1.51 bits per heavy atom. The van der Waals surface area contributed by atoms with Gasteiger partial charge in [0.1, 0.15) is 29.0 Å². The number of hydrogen-bond acceptors (Lipinski definition) is 5. The molecule has 0 spiro atoms. The lowest BCUT2D eigenvalue weighted by molar-refractivity contribution is -0.893. The maximum absolute atomic E-state index is 5.35. The van der Waals surface area contributed by atoms with Crippen molar-refractivity contribution < 1.29 is 4.48 Å². The summed E-state index contributed by atoms with van der Waals surface area (Å²) in [6.07, 6.45) is 11.9. The van der Waals surface area contributed by atoms with Gasteiger partial charge >= 0.3 is 0 Å². The van der Waals surface area contributed by atoms with E-state index >= 15 is 0 Å². The molecule has 0 saturated carbocycles. The van der Waals surface area contributed by atoms with Crippen LogP contribution in [0.1, 0.15) is 47.5 Å². The van der Waals surface area contributed by atoms with Gasteiger partial charge in [-0.15, -0.1) is 0 Å². The van der Waals surface area contributed by atoms with Gasteiger partial charge in [0.25, 0.3) is 0 Å². The zero-order valence-corrected chi connectivity index (χ0v) is 26.9. The van der Waals surface area contributed by atoms with Crippen molar-refractivity contribution in [1.29, 1.82) is 0 Å². The van der Waals surface area contributed by atoms with Crippen molar-refractivity contribution >= 4 is 39.8 Å². The molecule has 4 aromatic heterocycles. The summed E-state index contributed by atoms with van der Waals surface area (Å²) in [7, 11) is 6.86. The van der Waals surface area contributed by atoms with Crippen LogP contribution in [-0.2, 0) is 0 Å². The molecule has 3 unspecified atom stereocenters. The van der Waals surface area contributed by atoms with E-state index in [1.54, 1.807) is 6.20 Å². The molecule has 0 bridgehead atoms. The summed E-state index contributed by atoms with van der Waals surface area (Å²) in [4.78, 5) is 18.1. The fraction of sp³-hybridized carbons (Fsp3) is 0.441. The summed E-state index contributed by atoms with van der Waals surface area (Å²) in [5.41, 5.74) is 5.42. The molecule has 1 saturated heterocycles. The van der Waals surface area contributed by atoms with Crippen molar-refractivity contribution in [3.05, 3.63) is 72.8 Å². The number of aromatic nitrogens is 4. The van der Waals surface area contributed by atoms with Gasteiger partial charge in [-0.3, -0.25) is 0 Å². The van der Waals surface area contributed by atoms with E-state index < -0.39 is 0 Å². The van der Waals surface area contributed by atoms with Crippen LogP contribution >= 0.6 is 0 Å². The maximum atomic E-state index is 5.35. The van der Waals surface area contributed by atoms with E-state index in [4.69, 9.17) is 15.0 Å². The molecule has 226 valence electrons. The number of amidine groups is 2. The Balaban J connectivity index is 0.00000180. The first-order chi connectivity index (χ1) is 20.7. The molecule has 6 heterocycles. The zero-order chi connectivity index (χ0) is 30.7. The molecule has 0 aliphatic carbocycles. The Bertz CT molecular complexity index is 1700. The zero-order valence-electron chi connectivity index (χ0n) is 26.9. The number of quaternary nitrogens is 1. The van der Waals surface area contributed by atoms with Crippen LogP contribution in [0.5, 0.6) is 0 Å². The van der Waals surface area contributed by atoms with Gasteiger partial charge in [0.2, 0.25) is 0 Å². The molecule has 6 rings (SSSR count). The second kappa shape index (κ2) is 12.6. The predicted octanol–water partition coefficient (Wildman–Crippen LogP) is 6.61. The highest BCUT2D eigenvalue weighted by Crippen LogP contribution is 2.32. The number of pyridine rings is 2. The van der Waals surface area contributed by atoms with Crippen LogP contribution in [0.25, 0.3) is 11.0 Å². The van der Waals surface area contributed by atoms with Crippen LogP contribution in [0.2, 0.25) is 0 Å². The first kappa shape index (κ1) is 30.4. The van der Waals surface area contributed by atoms with Crippen molar-refractivity contribution in [2.24, 2.45) is 26.8 Å². The first-order valence-electron chi connectivity index (χ1n) is 15.6. The minimum atomic E-state index is 0.314. The SMILES string of the molecule is CC.CCC(C)C(C)C1=CC(=Nc2cnn3ccccc23)C(=Nc2cnn3ccccc23)N=C1N1CCC([N+](C)(C)C)C1. The molecule has 0 radical (unpaired) electrons. The molecule has 4 aromatic rings. The number of dihydropyridines is 1. The predicted molar refractivity (Wildman–Crippen MR) is 178 cm³/mol. The second-order valence-corrected chi connectivity index (χ2v) is 12.3. The molecule has 2 aliphatic rings. The Morgan fingerprint density at radius 3 is 2.07 bits per heavy atom. The van der Waals surface area contributed by atoms with Crippen molar-refractivity contribution in [1.82, 2.24) is 24.1 Å². The Morgan fingerprint density at radius 1 is 0.907 bits per heavy atom. The van der Waals surface area contributed by atoms with Crippen LogP contribution in [-0.4, -0.2) is 86.3 Å². The standard InChI is InChI=1S/C32H40N9.C2H6/c1-7-22(2)23(3)25-18-26(35-27-19-33-39-15-10-8-12-29(27)39)31(36-28-20-34-40-16-11-9-13-30(28)40)37-32(25)38-17-14-24(21-38)41(4,5)6;1-2/h8-13,15-16,18-20,22-24H,7,14,17,21H2,1-6H3;1-2H3/q+1;. The lowest BCUT2D eigenvalue weighted by Gasteiger charge is -2.33. The third kappa shape index (κ3) is 6.18. The topological polar surface area (TPSA) is 74.9 Å². The largest absolute Gasteiger partial charge is 0.350 e. The summed E-state index contributed by atoms with van der Waals surface area (Å²) in [6.45, 7) is 12.9. The molecular formula is C34H46N9+. The lowest BCUT2D eigenvalue weighted by Crippen LogP contribution is -2.47. The summed E-state index contributed by atoms with van der Waals surface area (Å²) >= 11 is 0. The van der Waals surface area contributed by atoms with Gasteiger partial charge in [0, 0.05) is 30.9 Å². The number of rotatable bonds is 6. The number of hydrogen-bond donors (Lipinski definition) is 0. The van der Waals surface area contributed by atoms with E-state index in [0.717, 1.165) is 64.4 Å². The fourth-order valence-electron chi connectivity index (χ4n) is 5.74. The van der Waals surface area contributed by atoms with Crippen molar-refractivity contribution in [3.63, 3.8) is 0 Å². The summed E-state index contributed by atoms with van der Waals surface area (Å²) in [5, 5.41) is 9.04. The molecule has 3 atom stereocenters. The van der Waals surface area contributed by atoms with E-state index in [2.05, 4.69) is 63.1 Å². The van der Waals surface area contributed by atoms with Gasteiger partial charge in [-0.25, -0.2) is 24.0 Å². The minimum Gasteiger partial charge on any atom is -0.350 e. The van der Waals surface area contributed by atoms with Crippen LogP contribution in [0.3, 0.4) is 0 Å². The molecule has 9 heteroatoms. The highest BCUT2D eigenvalue weighted by molar-refractivity contribution is 6.50. The number of nitrogens with zero attached hydrogens (tertiary/aromatic N) is 9. The summed E-state index contributed by atoms with van der Waals surface area (Å²) < 4.78 is 4.63. The van der Waals surface area contributed by atoms with Gasteiger partial charge in [-0.1, -0.05) is 53.2 Å². The Hall–Kier alpha value is -4.11. The molecule has 2 aliphatic heterocycles. The van der Waals surface area contributed by atoms with E-state index in [1.165, 1.54) is 5.57 Å². The van der Waals surface area contributed by atoms with E-state index in [9.17, 15) is 0 Å². The highest BCUT2D eigenvalue weighted by Gasteiger charge is 2.37. The molecule has 0 N–H and O–H groups in total. The summed E-state index contributed by atoms with van der Waals surface area (Å²) in [6, 6.07) is 12.6. The average molecular weight is 581 g/mol. The number of aliphatic imine (C=N–C) groups is 3. The molecule has 0 amide bonds. The maximum Gasteiger partial charge on any atom is 0.180 e. The van der Waals surface area contributed by atoms with Crippen molar-refractivity contribution in [2.75, 3.05) is 34.2 Å². The number of likely N-dealkylation sites (tertiary alicyclic amines) is 1. The monoisotopic (exact) mass is 580 g/mol. The normalized spacial score (nSPS) is 20.7. The van der Waals surface area contributed by atoms with E-state index in [-0.39, 0.29) is 0 Å². The number of likely N-dealkylation sites (N-methyl/N-ethyl adjacent to an activating group) is 1. The molecule has 9 nitrogen and oxygen atoms in total. The second-order valence-electron chi connectivity index (χ2n) is 12.3. The molecular weight excluding hydrogens is 534 g/mol. The van der Waals surface area contributed by atoms with Crippen LogP contribution < -0.4 is 0 Å². The quantitative estimate of drug-likeness (QED) is 0.241. The third-order valence-electron chi connectivity index (χ3n) is 8.82. The Labute approximate surface area is 255 Å². The number of fused-ring (bicyclic) bond motifs is 2. The van der Waals surface area contributed by atoms with Gasteiger partial charge in [0.05, 0.1) is 51.1 Å². The first-order valence-corrected chi connectivity index (χ1v) is 15.6. The smallest absolute Gasteiger partial charge is 0.180 e. The molecule has 0 aromatic carbocycles. The summed E-state index contributed by atoms with van der Waals surface area (Å²) in [5.74, 6) is 2.44. The van der Waals surface area contributed by atoms with E-state index in [1.807, 2.05) is 77.9 Å². The van der Waals surface area contributed by atoms with Crippen LogP contribution in [0.15, 0.2) is 87.8 Å². The minimum absolute atomic E-state index is 0.314. The van der Waals surface area contributed by atoms with Gasteiger partial charge in [-0.05, 0) is 42.2 Å². The Kier molecular flexibility index (Phi) is 8.92.